The van der Waals surface area contributed by atoms with Gasteiger partial charge in [0, 0.05) is 0 Å². The number of aliphatic hydroxyl groups excluding tert-OH is 2. The lowest BCUT2D eigenvalue weighted by molar-refractivity contribution is -0.0378. The summed E-state index contributed by atoms with van der Waals surface area (Å²) in [5.41, 5.74) is 1.71. The molecule has 0 bridgehead atoms. The molecular formula is C23H32O3Si. The van der Waals surface area contributed by atoms with Crippen LogP contribution >= 0.6 is 0 Å². The van der Waals surface area contributed by atoms with Crippen molar-refractivity contribution >= 4 is 14.4 Å². The van der Waals surface area contributed by atoms with Gasteiger partial charge in [0.05, 0.1) is 6.10 Å². The zero-order valence-electron chi connectivity index (χ0n) is 17.0. The Morgan fingerprint density at radius 3 is 1.93 bits per heavy atom. The van der Waals surface area contributed by atoms with Gasteiger partial charge in [0.25, 0.3) is 0 Å². The molecule has 2 rings (SSSR count). The summed E-state index contributed by atoms with van der Waals surface area (Å²) in [5, 5.41) is 21.6. The molecule has 0 spiro atoms. The molecule has 0 unspecified atom stereocenters. The molecule has 3 nitrogen and oxygen atoms in total. The summed E-state index contributed by atoms with van der Waals surface area (Å²) in [7, 11) is -2.14. The van der Waals surface area contributed by atoms with Crippen molar-refractivity contribution in [3.63, 3.8) is 0 Å². The molecule has 2 aromatic carbocycles. The van der Waals surface area contributed by atoms with Crippen LogP contribution in [0.1, 0.15) is 38.0 Å². The molecule has 0 aromatic heterocycles. The summed E-state index contributed by atoms with van der Waals surface area (Å²) in [6.45, 7) is 10.8. The first-order valence-corrected chi connectivity index (χ1v) is 12.3. The molecule has 2 N–H and O–H groups in total. The van der Waals surface area contributed by atoms with Crippen molar-refractivity contribution in [1.82, 2.24) is 0 Å². The van der Waals surface area contributed by atoms with Crippen LogP contribution < -0.4 is 0 Å². The van der Waals surface area contributed by atoms with Crippen molar-refractivity contribution in [2.45, 2.75) is 57.2 Å². The van der Waals surface area contributed by atoms with Gasteiger partial charge in [-0.2, -0.15) is 0 Å². The topological polar surface area (TPSA) is 49.7 Å². The fourth-order valence-corrected chi connectivity index (χ4v) is 3.79. The predicted molar refractivity (Wildman–Crippen MR) is 115 cm³/mol. The first kappa shape index (κ1) is 21.6. The number of aliphatic hydroxyl groups is 2. The molecule has 0 aliphatic heterocycles. The van der Waals surface area contributed by atoms with E-state index >= 15 is 0 Å². The third kappa shape index (κ3) is 5.88. The van der Waals surface area contributed by atoms with Crippen molar-refractivity contribution in [2.24, 2.45) is 0 Å². The van der Waals surface area contributed by atoms with Crippen molar-refractivity contribution in [3.05, 3.63) is 77.9 Å². The zero-order valence-corrected chi connectivity index (χ0v) is 18.0. The Morgan fingerprint density at radius 1 is 0.889 bits per heavy atom. The lowest BCUT2D eigenvalue weighted by Gasteiger charge is -2.40. The highest BCUT2D eigenvalue weighted by Gasteiger charge is 2.41. The Labute approximate surface area is 164 Å². The van der Waals surface area contributed by atoms with Crippen LogP contribution in [-0.2, 0) is 4.43 Å². The largest absolute Gasteiger partial charge is 0.408 e. The van der Waals surface area contributed by atoms with E-state index in [-0.39, 0.29) is 5.04 Å². The molecule has 2 aromatic rings. The maximum Gasteiger partial charge on any atom is 0.193 e. The minimum atomic E-state index is -2.14. The average molecular weight is 385 g/mol. The lowest BCUT2D eigenvalue weighted by Crippen LogP contribution is -2.47. The summed E-state index contributed by atoms with van der Waals surface area (Å²) in [6.07, 6.45) is 1.15. The second-order valence-electron chi connectivity index (χ2n) is 8.46. The van der Waals surface area contributed by atoms with Gasteiger partial charge in [-0.3, -0.25) is 0 Å². The van der Waals surface area contributed by atoms with E-state index in [1.54, 1.807) is 0 Å². The smallest absolute Gasteiger partial charge is 0.193 e. The van der Waals surface area contributed by atoms with Crippen molar-refractivity contribution in [2.75, 3.05) is 0 Å². The van der Waals surface area contributed by atoms with E-state index in [4.69, 9.17) is 4.43 Å². The molecule has 4 heteroatoms. The van der Waals surface area contributed by atoms with E-state index in [2.05, 4.69) is 33.9 Å². The predicted octanol–water partition coefficient (Wildman–Crippen LogP) is 5.18. The molecule has 0 aliphatic rings. The summed E-state index contributed by atoms with van der Waals surface area (Å²) in [5.74, 6) is 0. The highest BCUT2D eigenvalue weighted by atomic mass is 28.4. The van der Waals surface area contributed by atoms with Crippen LogP contribution in [-0.4, -0.2) is 30.7 Å². The van der Waals surface area contributed by atoms with Crippen LogP contribution in [0.4, 0.5) is 0 Å². The van der Waals surface area contributed by atoms with Crippen molar-refractivity contribution in [1.29, 1.82) is 0 Å². The minimum Gasteiger partial charge on any atom is -0.408 e. The third-order valence-electron chi connectivity index (χ3n) is 5.32. The minimum absolute atomic E-state index is 0.00323. The van der Waals surface area contributed by atoms with Crippen molar-refractivity contribution < 1.29 is 14.6 Å². The van der Waals surface area contributed by atoms with Gasteiger partial charge in [-0.05, 0) is 29.3 Å². The molecular weight excluding hydrogens is 352 g/mol. The van der Waals surface area contributed by atoms with Crippen LogP contribution in [0.25, 0.3) is 6.08 Å². The zero-order chi connectivity index (χ0) is 20.1. The summed E-state index contributed by atoms with van der Waals surface area (Å²) < 4.78 is 6.47. The first-order chi connectivity index (χ1) is 12.6. The molecule has 0 saturated carbocycles. The fraction of sp³-hybridized carbons (Fsp3) is 0.391. The van der Waals surface area contributed by atoms with Gasteiger partial charge >= 0.3 is 0 Å². The number of hydrogen-bond donors (Lipinski definition) is 2. The van der Waals surface area contributed by atoms with Gasteiger partial charge in [0.15, 0.2) is 8.32 Å². The lowest BCUT2D eigenvalue weighted by atomic mass is 10.00. The van der Waals surface area contributed by atoms with Gasteiger partial charge in [0.2, 0.25) is 0 Å². The van der Waals surface area contributed by atoms with E-state index in [0.29, 0.717) is 5.56 Å². The van der Waals surface area contributed by atoms with E-state index in [9.17, 15) is 10.2 Å². The summed E-state index contributed by atoms with van der Waals surface area (Å²) in [6, 6.07) is 19.1. The molecule has 0 amide bonds. The molecule has 3 atom stereocenters. The Morgan fingerprint density at radius 2 is 1.41 bits per heavy atom. The second-order valence-corrected chi connectivity index (χ2v) is 13.2. The number of rotatable bonds is 7. The average Bonchev–Trinajstić information content (AvgIpc) is 2.64. The molecule has 0 heterocycles. The fourth-order valence-electron chi connectivity index (χ4n) is 2.54. The normalized spacial score (nSPS) is 16.3. The van der Waals surface area contributed by atoms with Gasteiger partial charge < -0.3 is 14.6 Å². The molecule has 146 valence electrons. The Hall–Kier alpha value is -1.72. The van der Waals surface area contributed by atoms with Crippen LogP contribution in [0.15, 0.2) is 66.7 Å². The summed E-state index contributed by atoms with van der Waals surface area (Å²) >= 11 is 0. The standard InChI is InChI=1S/C23H32O3Si/c1-23(2,3)27(4,5)26-20(17-16-18-12-8-6-9-13-18)22(25)21(24)19-14-10-7-11-15-19/h6-17,20-22,24-25H,1-5H3/b17-16+/t20-,21-,22-/m1/s1. The Kier molecular flexibility index (Phi) is 7.17. The Bertz CT molecular complexity index is 720. The molecule has 0 radical (unpaired) electrons. The molecule has 27 heavy (non-hydrogen) atoms. The molecule has 0 fully saturated rings. The second kappa shape index (κ2) is 8.98. The maximum absolute atomic E-state index is 10.9. The van der Waals surface area contributed by atoms with Crippen LogP contribution in [0, 0.1) is 0 Å². The van der Waals surface area contributed by atoms with E-state index in [0.717, 1.165) is 5.56 Å². The number of benzene rings is 2. The number of hydrogen-bond acceptors (Lipinski definition) is 3. The first-order valence-electron chi connectivity index (χ1n) is 9.44. The highest BCUT2D eigenvalue weighted by molar-refractivity contribution is 6.74. The quantitative estimate of drug-likeness (QED) is 0.646. The molecule has 0 aliphatic carbocycles. The van der Waals surface area contributed by atoms with E-state index in [1.165, 1.54) is 0 Å². The van der Waals surface area contributed by atoms with Crippen LogP contribution in [0.3, 0.4) is 0 Å². The monoisotopic (exact) mass is 384 g/mol. The highest BCUT2D eigenvalue weighted by Crippen LogP contribution is 2.38. The molecule has 0 saturated heterocycles. The SMILES string of the molecule is CC(C)(C)[Si](C)(C)O[C@H](/C=C/c1ccccc1)[C@@H](O)[C@H](O)c1ccccc1. The third-order valence-corrected chi connectivity index (χ3v) is 9.79. The van der Waals surface area contributed by atoms with Gasteiger partial charge in [-0.15, -0.1) is 0 Å². The van der Waals surface area contributed by atoms with E-state index < -0.39 is 26.6 Å². The Balaban J connectivity index is 2.29. The maximum atomic E-state index is 10.9. The van der Waals surface area contributed by atoms with Crippen molar-refractivity contribution in [3.8, 4) is 0 Å². The van der Waals surface area contributed by atoms with Gasteiger partial charge in [-0.1, -0.05) is 93.6 Å². The van der Waals surface area contributed by atoms with Crippen LogP contribution in [0.5, 0.6) is 0 Å². The van der Waals surface area contributed by atoms with Crippen LogP contribution in [0.2, 0.25) is 18.1 Å². The van der Waals surface area contributed by atoms with Gasteiger partial charge in [-0.25, -0.2) is 0 Å². The van der Waals surface area contributed by atoms with Gasteiger partial charge in [0.1, 0.15) is 12.2 Å². The summed E-state index contributed by atoms with van der Waals surface area (Å²) in [4.78, 5) is 0. The van der Waals surface area contributed by atoms with E-state index in [1.807, 2.05) is 72.8 Å².